The highest BCUT2D eigenvalue weighted by atomic mass is 16.5. The third-order valence-corrected chi connectivity index (χ3v) is 3.21. The van der Waals surface area contributed by atoms with Crippen molar-refractivity contribution in [1.82, 2.24) is 5.32 Å². The van der Waals surface area contributed by atoms with Gasteiger partial charge in [0.25, 0.3) is 0 Å². The summed E-state index contributed by atoms with van der Waals surface area (Å²) in [6.07, 6.45) is 8.18. The van der Waals surface area contributed by atoms with Gasteiger partial charge in [-0.3, -0.25) is 0 Å². The average molecular weight is 241 g/mol. The Kier molecular flexibility index (Phi) is 7.29. The van der Waals surface area contributed by atoms with E-state index in [0.29, 0.717) is 12.1 Å². The SMILES string of the molecule is CCCNC(CCC(C)OC)C1=CCCCO1. The smallest absolute Gasteiger partial charge is 0.109 e. The number of rotatable bonds is 8. The van der Waals surface area contributed by atoms with Crippen LogP contribution >= 0.6 is 0 Å². The molecular weight excluding hydrogens is 214 g/mol. The predicted octanol–water partition coefficient (Wildman–Crippen LogP) is 2.86. The second-order valence-corrected chi connectivity index (χ2v) is 4.73. The Morgan fingerprint density at radius 1 is 1.47 bits per heavy atom. The highest BCUT2D eigenvalue weighted by molar-refractivity contribution is 5.05. The summed E-state index contributed by atoms with van der Waals surface area (Å²) in [4.78, 5) is 0. The quantitative estimate of drug-likeness (QED) is 0.709. The molecule has 0 saturated carbocycles. The highest BCUT2D eigenvalue weighted by Crippen LogP contribution is 2.18. The van der Waals surface area contributed by atoms with Crippen molar-refractivity contribution in [2.24, 2.45) is 0 Å². The average Bonchev–Trinajstić information content (AvgIpc) is 2.39. The predicted molar refractivity (Wildman–Crippen MR) is 71.1 cm³/mol. The van der Waals surface area contributed by atoms with Gasteiger partial charge in [-0.1, -0.05) is 6.92 Å². The molecule has 1 heterocycles. The zero-order chi connectivity index (χ0) is 12.5. The molecule has 0 aliphatic carbocycles. The van der Waals surface area contributed by atoms with E-state index in [0.717, 1.165) is 51.0 Å². The van der Waals surface area contributed by atoms with Crippen LogP contribution in [-0.4, -0.2) is 32.4 Å². The lowest BCUT2D eigenvalue weighted by atomic mass is 10.0. The monoisotopic (exact) mass is 241 g/mol. The summed E-state index contributed by atoms with van der Waals surface area (Å²) >= 11 is 0. The topological polar surface area (TPSA) is 30.5 Å². The molecule has 0 aromatic carbocycles. The van der Waals surface area contributed by atoms with E-state index in [1.54, 1.807) is 7.11 Å². The van der Waals surface area contributed by atoms with Crippen LogP contribution in [0.1, 0.15) is 46.0 Å². The maximum atomic E-state index is 5.76. The van der Waals surface area contributed by atoms with Crippen molar-refractivity contribution in [3.63, 3.8) is 0 Å². The van der Waals surface area contributed by atoms with E-state index in [9.17, 15) is 0 Å². The lowest BCUT2D eigenvalue weighted by Crippen LogP contribution is -2.34. The molecule has 0 fully saturated rings. The Morgan fingerprint density at radius 2 is 2.29 bits per heavy atom. The van der Waals surface area contributed by atoms with Crippen molar-refractivity contribution in [3.8, 4) is 0 Å². The second kappa shape index (κ2) is 8.54. The van der Waals surface area contributed by atoms with E-state index in [1.165, 1.54) is 0 Å². The molecule has 0 aromatic heterocycles. The number of nitrogens with one attached hydrogen (secondary N) is 1. The lowest BCUT2D eigenvalue weighted by molar-refractivity contribution is 0.101. The summed E-state index contributed by atoms with van der Waals surface area (Å²) in [6, 6.07) is 0.368. The molecule has 3 heteroatoms. The van der Waals surface area contributed by atoms with Gasteiger partial charge in [-0.05, 0) is 51.6 Å². The minimum absolute atomic E-state index is 0.324. The lowest BCUT2D eigenvalue weighted by Gasteiger charge is -2.25. The van der Waals surface area contributed by atoms with Gasteiger partial charge in [0.05, 0.1) is 18.8 Å². The maximum absolute atomic E-state index is 5.76. The van der Waals surface area contributed by atoms with Crippen LogP contribution in [0.2, 0.25) is 0 Å². The van der Waals surface area contributed by atoms with Crippen LogP contribution in [-0.2, 0) is 9.47 Å². The molecule has 1 N–H and O–H groups in total. The van der Waals surface area contributed by atoms with Gasteiger partial charge in [0.2, 0.25) is 0 Å². The van der Waals surface area contributed by atoms with Crippen molar-refractivity contribution >= 4 is 0 Å². The summed E-state index contributed by atoms with van der Waals surface area (Å²) in [5, 5.41) is 3.57. The molecule has 1 aliphatic heterocycles. The van der Waals surface area contributed by atoms with E-state index in [2.05, 4.69) is 25.2 Å². The summed E-state index contributed by atoms with van der Waals surface area (Å²) in [5.74, 6) is 1.15. The fourth-order valence-corrected chi connectivity index (χ4v) is 2.00. The van der Waals surface area contributed by atoms with Crippen LogP contribution in [0, 0.1) is 0 Å². The van der Waals surface area contributed by atoms with E-state index < -0.39 is 0 Å². The van der Waals surface area contributed by atoms with Crippen molar-refractivity contribution < 1.29 is 9.47 Å². The first-order valence-corrected chi connectivity index (χ1v) is 6.87. The minimum atomic E-state index is 0.324. The van der Waals surface area contributed by atoms with Gasteiger partial charge in [-0.15, -0.1) is 0 Å². The Balaban J connectivity index is 2.44. The summed E-state index contributed by atoms with van der Waals surface area (Å²) < 4.78 is 11.1. The summed E-state index contributed by atoms with van der Waals surface area (Å²) in [6.45, 7) is 6.23. The van der Waals surface area contributed by atoms with E-state index in [1.807, 2.05) is 0 Å². The molecule has 1 aliphatic rings. The maximum Gasteiger partial charge on any atom is 0.109 e. The van der Waals surface area contributed by atoms with Gasteiger partial charge >= 0.3 is 0 Å². The van der Waals surface area contributed by atoms with Crippen LogP contribution in [0.15, 0.2) is 11.8 Å². The summed E-state index contributed by atoms with van der Waals surface area (Å²) in [7, 11) is 1.77. The zero-order valence-corrected chi connectivity index (χ0v) is 11.5. The summed E-state index contributed by atoms with van der Waals surface area (Å²) in [5.41, 5.74) is 0. The van der Waals surface area contributed by atoms with Crippen LogP contribution in [0.25, 0.3) is 0 Å². The first kappa shape index (κ1) is 14.5. The number of hydrogen-bond donors (Lipinski definition) is 1. The van der Waals surface area contributed by atoms with E-state index in [4.69, 9.17) is 9.47 Å². The van der Waals surface area contributed by atoms with Crippen molar-refractivity contribution in [2.75, 3.05) is 20.3 Å². The first-order chi connectivity index (χ1) is 8.27. The van der Waals surface area contributed by atoms with Gasteiger partial charge < -0.3 is 14.8 Å². The number of hydrogen-bond acceptors (Lipinski definition) is 3. The van der Waals surface area contributed by atoms with Crippen molar-refractivity contribution in [3.05, 3.63) is 11.8 Å². The van der Waals surface area contributed by atoms with Crippen LogP contribution in [0.5, 0.6) is 0 Å². The number of methoxy groups -OCH3 is 1. The van der Waals surface area contributed by atoms with Crippen molar-refractivity contribution in [1.29, 1.82) is 0 Å². The second-order valence-electron chi connectivity index (χ2n) is 4.73. The Labute approximate surface area is 106 Å². The van der Waals surface area contributed by atoms with Crippen LogP contribution in [0.3, 0.4) is 0 Å². The standard InChI is InChI=1S/C14H27NO2/c1-4-10-15-13(9-8-12(2)16-3)14-7-5-6-11-17-14/h7,12-13,15H,4-6,8-11H2,1-3H3. The normalized spacial score (nSPS) is 19.4. The van der Waals surface area contributed by atoms with Crippen LogP contribution < -0.4 is 5.32 Å². The molecule has 3 nitrogen and oxygen atoms in total. The Hall–Kier alpha value is -0.540. The number of allylic oxidation sites excluding steroid dienone is 1. The molecule has 0 radical (unpaired) electrons. The minimum Gasteiger partial charge on any atom is -0.497 e. The van der Waals surface area contributed by atoms with Gasteiger partial charge in [-0.2, -0.15) is 0 Å². The molecule has 17 heavy (non-hydrogen) atoms. The van der Waals surface area contributed by atoms with Gasteiger partial charge in [0, 0.05) is 7.11 Å². The molecule has 0 aromatic rings. The largest absolute Gasteiger partial charge is 0.497 e. The molecule has 2 atom stereocenters. The third-order valence-electron chi connectivity index (χ3n) is 3.21. The van der Waals surface area contributed by atoms with E-state index in [-0.39, 0.29) is 0 Å². The van der Waals surface area contributed by atoms with Crippen molar-refractivity contribution in [2.45, 2.75) is 58.1 Å². The fourth-order valence-electron chi connectivity index (χ4n) is 2.00. The van der Waals surface area contributed by atoms with Gasteiger partial charge in [-0.25, -0.2) is 0 Å². The molecule has 0 amide bonds. The third kappa shape index (κ3) is 5.55. The molecule has 0 saturated heterocycles. The van der Waals surface area contributed by atoms with Gasteiger partial charge in [0.1, 0.15) is 5.76 Å². The highest BCUT2D eigenvalue weighted by Gasteiger charge is 2.17. The molecule has 0 bridgehead atoms. The van der Waals surface area contributed by atoms with Crippen LogP contribution in [0.4, 0.5) is 0 Å². The molecule has 2 unspecified atom stereocenters. The molecule has 100 valence electrons. The van der Waals surface area contributed by atoms with Gasteiger partial charge in [0.15, 0.2) is 0 Å². The zero-order valence-electron chi connectivity index (χ0n) is 11.5. The fraction of sp³-hybridized carbons (Fsp3) is 0.857. The first-order valence-electron chi connectivity index (χ1n) is 6.87. The molecule has 1 rings (SSSR count). The molecular formula is C14H27NO2. The Morgan fingerprint density at radius 3 is 2.88 bits per heavy atom. The molecule has 0 spiro atoms. The van der Waals surface area contributed by atoms with E-state index >= 15 is 0 Å². The number of ether oxygens (including phenoxy) is 2. The Bertz CT molecular complexity index is 228.